The van der Waals surface area contributed by atoms with E-state index in [0.29, 0.717) is 23.7 Å². The van der Waals surface area contributed by atoms with E-state index in [1.807, 2.05) is 12.1 Å². The molecule has 1 aromatic heterocycles. The summed E-state index contributed by atoms with van der Waals surface area (Å²) in [5.74, 6) is 1.18. The van der Waals surface area contributed by atoms with Crippen LogP contribution in [-0.2, 0) is 6.61 Å². The Hall–Kier alpha value is -2.54. The zero-order valence-electron chi connectivity index (χ0n) is 9.96. The largest absolute Gasteiger partial charge is 0.493 e. The van der Waals surface area contributed by atoms with Gasteiger partial charge in [0.1, 0.15) is 6.61 Å². The third-order valence-corrected chi connectivity index (χ3v) is 2.44. The summed E-state index contributed by atoms with van der Waals surface area (Å²) in [5, 5.41) is 8.86. The quantitative estimate of drug-likeness (QED) is 0.824. The van der Waals surface area contributed by atoms with Gasteiger partial charge in [0, 0.05) is 18.5 Å². The number of rotatable bonds is 4. The molecule has 0 aliphatic carbocycles. The molecule has 90 valence electrons. The molecule has 1 heterocycles. The Bertz CT molecular complexity index is 562. The van der Waals surface area contributed by atoms with Crippen molar-refractivity contribution in [2.75, 3.05) is 7.11 Å². The summed E-state index contributed by atoms with van der Waals surface area (Å²) in [6, 6.07) is 10.9. The second kappa shape index (κ2) is 5.69. The number of nitriles is 1. The average molecular weight is 240 g/mol. The second-order valence-corrected chi connectivity index (χ2v) is 3.62. The number of methoxy groups -OCH3 is 1. The minimum atomic E-state index is 0.410. The van der Waals surface area contributed by atoms with Crippen LogP contribution in [0, 0.1) is 11.3 Å². The molecule has 0 N–H and O–H groups in total. The Morgan fingerprint density at radius 1 is 1.17 bits per heavy atom. The van der Waals surface area contributed by atoms with Gasteiger partial charge in [0.15, 0.2) is 11.5 Å². The Labute approximate surface area is 105 Å². The molecule has 0 bridgehead atoms. The normalized spacial score (nSPS) is 9.56. The average Bonchev–Trinajstić information content (AvgIpc) is 2.45. The van der Waals surface area contributed by atoms with E-state index in [4.69, 9.17) is 14.7 Å². The van der Waals surface area contributed by atoms with Crippen molar-refractivity contribution in [3.05, 3.63) is 53.9 Å². The molecular formula is C14H12N2O2. The van der Waals surface area contributed by atoms with Crippen LogP contribution >= 0.6 is 0 Å². The molecule has 0 spiro atoms. The summed E-state index contributed by atoms with van der Waals surface area (Å²) in [6.45, 7) is 0.410. The summed E-state index contributed by atoms with van der Waals surface area (Å²) in [7, 11) is 1.57. The van der Waals surface area contributed by atoms with Crippen molar-refractivity contribution in [3.8, 4) is 17.6 Å². The van der Waals surface area contributed by atoms with Crippen LogP contribution in [0.4, 0.5) is 0 Å². The number of nitrogens with zero attached hydrogens (tertiary/aromatic N) is 2. The summed E-state index contributed by atoms with van der Waals surface area (Å²) in [6.07, 6.45) is 3.42. The predicted molar refractivity (Wildman–Crippen MR) is 66.3 cm³/mol. The zero-order chi connectivity index (χ0) is 12.8. The maximum atomic E-state index is 8.86. The highest BCUT2D eigenvalue weighted by Gasteiger charge is 2.05. The van der Waals surface area contributed by atoms with Gasteiger partial charge in [-0.1, -0.05) is 0 Å². The Morgan fingerprint density at radius 3 is 2.61 bits per heavy atom. The Balaban J connectivity index is 2.15. The van der Waals surface area contributed by atoms with Crippen molar-refractivity contribution in [1.29, 1.82) is 5.26 Å². The summed E-state index contributed by atoms with van der Waals surface area (Å²) in [5.41, 5.74) is 1.55. The fourth-order valence-electron chi connectivity index (χ4n) is 1.50. The first kappa shape index (κ1) is 11.9. The van der Waals surface area contributed by atoms with E-state index >= 15 is 0 Å². The molecular weight excluding hydrogens is 228 g/mol. The van der Waals surface area contributed by atoms with E-state index in [2.05, 4.69) is 11.1 Å². The maximum absolute atomic E-state index is 8.86. The summed E-state index contributed by atoms with van der Waals surface area (Å²) < 4.78 is 10.8. The molecule has 0 fully saturated rings. The van der Waals surface area contributed by atoms with E-state index < -0.39 is 0 Å². The molecule has 0 saturated heterocycles. The van der Waals surface area contributed by atoms with E-state index in [9.17, 15) is 0 Å². The highest BCUT2D eigenvalue weighted by atomic mass is 16.5. The predicted octanol–water partition coefficient (Wildman–Crippen LogP) is 2.54. The molecule has 0 aliphatic rings. The molecule has 0 atom stereocenters. The molecule has 4 heteroatoms. The fourth-order valence-corrected chi connectivity index (χ4v) is 1.50. The highest BCUT2D eigenvalue weighted by molar-refractivity contribution is 5.46. The van der Waals surface area contributed by atoms with Crippen LogP contribution < -0.4 is 9.47 Å². The van der Waals surface area contributed by atoms with E-state index in [0.717, 1.165) is 5.56 Å². The van der Waals surface area contributed by atoms with Crippen molar-refractivity contribution in [1.82, 2.24) is 4.98 Å². The van der Waals surface area contributed by atoms with Gasteiger partial charge in [-0.2, -0.15) is 5.26 Å². The van der Waals surface area contributed by atoms with Crippen LogP contribution in [0.5, 0.6) is 11.5 Å². The first-order chi connectivity index (χ1) is 8.83. The topological polar surface area (TPSA) is 55.1 Å². The number of ether oxygens (including phenoxy) is 2. The number of pyridine rings is 1. The molecule has 2 aromatic rings. The summed E-state index contributed by atoms with van der Waals surface area (Å²) in [4.78, 5) is 3.94. The highest BCUT2D eigenvalue weighted by Crippen LogP contribution is 2.28. The molecule has 0 amide bonds. The van der Waals surface area contributed by atoms with Crippen LogP contribution in [0.1, 0.15) is 11.1 Å². The van der Waals surface area contributed by atoms with Crippen molar-refractivity contribution in [2.45, 2.75) is 6.61 Å². The van der Waals surface area contributed by atoms with E-state index in [1.165, 1.54) is 0 Å². The molecule has 0 saturated carbocycles. The number of aromatic nitrogens is 1. The molecule has 2 rings (SSSR count). The number of hydrogen-bond donors (Lipinski definition) is 0. The van der Waals surface area contributed by atoms with Gasteiger partial charge in [-0.3, -0.25) is 4.98 Å². The number of benzene rings is 1. The lowest BCUT2D eigenvalue weighted by molar-refractivity contribution is 0.284. The third-order valence-electron chi connectivity index (χ3n) is 2.44. The van der Waals surface area contributed by atoms with Gasteiger partial charge in [-0.15, -0.1) is 0 Å². The standard InChI is InChI=1S/C14H12N2O2/c1-17-13-3-2-12(9-15)8-14(13)18-10-11-4-6-16-7-5-11/h2-8H,10H2,1H3. The smallest absolute Gasteiger partial charge is 0.162 e. The van der Waals surface area contributed by atoms with Crippen LogP contribution in [-0.4, -0.2) is 12.1 Å². The van der Waals surface area contributed by atoms with Crippen LogP contribution in [0.25, 0.3) is 0 Å². The first-order valence-electron chi connectivity index (χ1n) is 5.43. The van der Waals surface area contributed by atoms with Gasteiger partial charge in [0.2, 0.25) is 0 Å². The molecule has 0 aliphatic heterocycles. The molecule has 0 radical (unpaired) electrons. The molecule has 18 heavy (non-hydrogen) atoms. The lowest BCUT2D eigenvalue weighted by atomic mass is 10.2. The SMILES string of the molecule is COc1ccc(C#N)cc1OCc1ccncc1. The van der Waals surface area contributed by atoms with Crippen molar-refractivity contribution in [2.24, 2.45) is 0 Å². The Morgan fingerprint density at radius 2 is 1.94 bits per heavy atom. The third kappa shape index (κ3) is 2.77. The maximum Gasteiger partial charge on any atom is 0.162 e. The van der Waals surface area contributed by atoms with Gasteiger partial charge in [-0.25, -0.2) is 0 Å². The minimum Gasteiger partial charge on any atom is -0.493 e. The lowest BCUT2D eigenvalue weighted by Gasteiger charge is -2.10. The van der Waals surface area contributed by atoms with Gasteiger partial charge in [0.25, 0.3) is 0 Å². The van der Waals surface area contributed by atoms with Gasteiger partial charge >= 0.3 is 0 Å². The van der Waals surface area contributed by atoms with E-state index in [-0.39, 0.29) is 0 Å². The number of hydrogen-bond acceptors (Lipinski definition) is 4. The van der Waals surface area contributed by atoms with Crippen LogP contribution in [0.2, 0.25) is 0 Å². The van der Waals surface area contributed by atoms with Crippen LogP contribution in [0.15, 0.2) is 42.7 Å². The van der Waals surface area contributed by atoms with Gasteiger partial charge in [-0.05, 0) is 29.8 Å². The van der Waals surface area contributed by atoms with Gasteiger partial charge < -0.3 is 9.47 Å². The first-order valence-corrected chi connectivity index (χ1v) is 5.43. The van der Waals surface area contributed by atoms with Crippen molar-refractivity contribution < 1.29 is 9.47 Å². The molecule has 4 nitrogen and oxygen atoms in total. The molecule has 1 aromatic carbocycles. The fraction of sp³-hybridized carbons (Fsp3) is 0.143. The van der Waals surface area contributed by atoms with Crippen molar-refractivity contribution in [3.63, 3.8) is 0 Å². The minimum absolute atomic E-state index is 0.410. The monoisotopic (exact) mass is 240 g/mol. The van der Waals surface area contributed by atoms with Crippen LogP contribution in [0.3, 0.4) is 0 Å². The van der Waals surface area contributed by atoms with E-state index in [1.54, 1.807) is 37.7 Å². The summed E-state index contributed by atoms with van der Waals surface area (Å²) >= 11 is 0. The molecule has 0 unspecified atom stereocenters. The Kier molecular flexibility index (Phi) is 3.77. The second-order valence-electron chi connectivity index (χ2n) is 3.62. The van der Waals surface area contributed by atoms with Gasteiger partial charge in [0.05, 0.1) is 18.7 Å². The van der Waals surface area contributed by atoms with Crippen molar-refractivity contribution >= 4 is 0 Å². The zero-order valence-corrected chi connectivity index (χ0v) is 9.96. The lowest BCUT2D eigenvalue weighted by Crippen LogP contribution is -1.98.